The third-order valence-electron chi connectivity index (χ3n) is 4.77. The molecule has 2 aromatic rings. The number of ether oxygens (including phenoxy) is 1. The van der Waals surface area contributed by atoms with Gasteiger partial charge in [0.2, 0.25) is 5.78 Å². The molecule has 0 spiro atoms. The Labute approximate surface area is 141 Å². The van der Waals surface area contributed by atoms with Gasteiger partial charge in [-0.3, -0.25) is 9.59 Å². The van der Waals surface area contributed by atoms with Gasteiger partial charge in [0, 0.05) is 24.0 Å². The molecule has 0 amide bonds. The van der Waals surface area contributed by atoms with Crippen LogP contribution in [0.1, 0.15) is 41.1 Å². The zero-order chi connectivity index (χ0) is 16.5. The first-order valence-corrected chi connectivity index (χ1v) is 8.33. The normalized spacial score (nSPS) is 22.9. The predicted molar refractivity (Wildman–Crippen MR) is 90.7 cm³/mol. The minimum absolute atomic E-state index is 0.0633. The van der Waals surface area contributed by atoms with E-state index in [4.69, 9.17) is 4.74 Å². The molecule has 0 fully saturated rings. The molecule has 0 bridgehead atoms. The molecule has 2 aromatic carbocycles. The first-order valence-electron chi connectivity index (χ1n) is 8.33. The van der Waals surface area contributed by atoms with Gasteiger partial charge in [-0.1, -0.05) is 60.7 Å². The van der Waals surface area contributed by atoms with Crippen LogP contribution in [0.4, 0.5) is 0 Å². The summed E-state index contributed by atoms with van der Waals surface area (Å²) in [6, 6.07) is 18.9. The third kappa shape index (κ3) is 2.46. The number of allylic oxidation sites excluding steroid dienone is 1. The maximum absolute atomic E-state index is 13.0. The Hall–Kier alpha value is -2.68. The lowest BCUT2D eigenvalue weighted by Crippen LogP contribution is -2.28. The second kappa shape index (κ2) is 6.08. The average Bonchev–Trinajstić information content (AvgIpc) is 3.03. The van der Waals surface area contributed by atoms with Crippen molar-refractivity contribution in [1.29, 1.82) is 0 Å². The van der Waals surface area contributed by atoms with E-state index in [1.54, 1.807) is 12.1 Å². The molecule has 120 valence electrons. The van der Waals surface area contributed by atoms with Crippen LogP contribution in [0, 0.1) is 0 Å². The minimum atomic E-state index is -0.651. The van der Waals surface area contributed by atoms with Crippen LogP contribution in [0.2, 0.25) is 0 Å². The highest BCUT2D eigenvalue weighted by atomic mass is 16.5. The molecule has 0 unspecified atom stereocenters. The fraction of sp³-hybridized carbons (Fsp3) is 0.238. The van der Waals surface area contributed by atoms with Gasteiger partial charge in [0.15, 0.2) is 11.9 Å². The van der Waals surface area contributed by atoms with Crippen LogP contribution in [-0.4, -0.2) is 17.7 Å². The maximum atomic E-state index is 13.0. The van der Waals surface area contributed by atoms with Crippen LogP contribution < -0.4 is 0 Å². The number of hydrogen-bond donors (Lipinski definition) is 0. The van der Waals surface area contributed by atoms with Crippen LogP contribution in [0.15, 0.2) is 72.0 Å². The Balaban J connectivity index is 1.77. The zero-order valence-electron chi connectivity index (χ0n) is 13.3. The molecule has 0 aromatic heterocycles. The van der Waals surface area contributed by atoms with Crippen molar-refractivity contribution in [2.45, 2.75) is 31.3 Å². The zero-order valence-corrected chi connectivity index (χ0v) is 13.3. The fourth-order valence-corrected chi connectivity index (χ4v) is 3.65. The summed E-state index contributed by atoms with van der Waals surface area (Å²) in [4.78, 5) is 25.5. The molecule has 3 nitrogen and oxygen atoms in total. The van der Waals surface area contributed by atoms with E-state index in [-0.39, 0.29) is 17.5 Å². The average molecular weight is 318 g/mol. The van der Waals surface area contributed by atoms with E-state index < -0.39 is 6.10 Å². The third-order valence-corrected chi connectivity index (χ3v) is 4.77. The molecule has 0 saturated heterocycles. The van der Waals surface area contributed by atoms with Gasteiger partial charge in [0.05, 0.1) is 5.92 Å². The van der Waals surface area contributed by atoms with Crippen molar-refractivity contribution < 1.29 is 14.3 Å². The van der Waals surface area contributed by atoms with Crippen LogP contribution in [0.5, 0.6) is 0 Å². The van der Waals surface area contributed by atoms with Crippen molar-refractivity contribution in [1.82, 2.24) is 0 Å². The monoisotopic (exact) mass is 318 g/mol. The fourth-order valence-electron chi connectivity index (χ4n) is 3.65. The number of carbonyl (C=O) groups excluding carboxylic acids is 2. The molecular weight excluding hydrogens is 300 g/mol. The van der Waals surface area contributed by atoms with E-state index in [0.717, 1.165) is 24.2 Å². The number of Topliss-reactive ketones (excluding diaryl/α,β-unsaturated/α-hetero) is 2. The number of benzene rings is 2. The van der Waals surface area contributed by atoms with Crippen molar-refractivity contribution in [2.24, 2.45) is 0 Å². The second-order valence-corrected chi connectivity index (χ2v) is 6.27. The van der Waals surface area contributed by atoms with E-state index in [2.05, 4.69) is 0 Å². The van der Waals surface area contributed by atoms with Crippen LogP contribution in [0.25, 0.3) is 0 Å². The molecule has 0 saturated carbocycles. The van der Waals surface area contributed by atoms with E-state index in [9.17, 15) is 9.59 Å². The topological polar surface area (TPSA) is 43.4 Å². The molecule has 3 heteroatoms. The van der Waals surface area contributed by atoms with Gasteiger partial charge in [-0.05, 0) is 12.0 Å². The predicted octanol–water partition coefficient (Wildman–Crippen LogP) is 4.06. The van der Waals surface area contributed by atoms with Crippen LogP contribution in [-0.2, 0) is 9.53 Å². The van der Waals surface area contributed by atoms with Gasteiger partial charge in [-0.2, -0.15) is 0 Å². The molecule has 1 heterocycles. The summed E-state index contributed by atoms with van der Waals surface area (Å²) in [7, 11) is 0. The van der Waals surface area contributed by atoms with Gasteiger partial charge in [0.25, 0.3) is 0 Å². The smallest absolute Gasteiger partial charge is 0.204 e. The van der Waals surface area contributed by atoms with E-state index in [0.29, 0.717) is 17.6 Å². The van der Waals surface area contributed by atoms with Gasteiger partial charge < -0.3 is 4.74 Å². The highest BCUT2D eigenvalue weighted by molar-refractivity contribution is 6.05. The van der Waals surface area contributed by atoms with Gasteiger partial charge in [-0.25, -0.2) is 0 Å². The van der Waals surface area contributed by atoms with Crippen LogP contribution >= 0.6 is 0 Å². The maximum Gasteiger partial charge on any atom is 0.204 e. The van der Waals surface area contributed by atoms with E-state index in [1.807, 2.05) is 48.5 Å². The number of rotatable bonds is 3. The molecule has 24 heavy (non-hydrogen) atoms. The first kappa shape index (κ1) is 14.9. The standard InChI is InChI=1S/C21H18O3/c22-16-12-7-13-17-19(16)18(14-8-3-1-4-9-14)21(24-17)20(23)15-10-5-2-6-11-15/h1-6,8-11,18,21H,7,12-13H2/t18-,21-/m0/s1. The number of hydrogen-bond acceptors (Lipinski definition) is 3. The Morgan fingerprint density at radius 1 is 0.917 bits per heavy atom. The molecule has 0 N–H and O–H groups in total. The Morgan fingerprint density at radius 3 is 2.29 bits per heavy atom. The molecule has 2 aliphatic rings. The molecule has 0 radical (unpaired) electrons. The molecule has 4 rings (SSSR count). The van der Waals surface area contributed by atoms with Gasteiger partial charge in [0.1, 0.15) is 5.76 Å². The highest BCUT2D eigenvalue weighted by Gasteiger charge is 2.45. The quantitative estimate of drug-likeness (QED) is 0.802. The van der Waals surface area contributed by atoms with Crippen molar-refractivity contribution in [3.8, 4) is 0 Å². The van der Waals surface area contributed by atoms with Crippen molar-refractivity contribution in [3.63, 3.8) is 0 Å². The molecule has 2 atom stereocenters. The van der Waals surface area contributed by atoms with E-state index >= 15 is 0 Å². The number of carbonyl (C=O) groups is 2. The second-order valence-electron chi connectivity index (χ2n) is 6.27. The van der Waals surface area contributed by atoms with Crippen molar-refractivity contribution in [3.05, 3.63) is 83.1 Å². The first-order chi connectivity index (χ1) is 11.8. The summed E-state index contributed by atoms with van der Waals surface area (Å²) < 4.78 is 6.03. The summed E-state index contributed by atoms with van der Waals surface area (Å²) in [6.07, 6.45) is 1.42. The Kier molecular flexibility index (Phi) is 3.77. The lowest BCUT2D eigenvalue weighted by Gasteiger charge is -2.20. The van der Waals surface area contributed by atoms with Crippen LogP contribution in [0.3, 0.4) is 0 Å². The van der Waals surface area contributed by atoms with Gasteiger partial charge >= 0.3 is 0 Å². The Morgan fingerprint density at radius 2 is 1.58 bits per heavy atom. The summed E-state index contributed by atoms with van der Waals surface area (Å²) in [6.45, 7) is 0. The highest BCUT2D eigenvalue weighted by Crippen LogP contribution is 2.44. The lowest BCUT2D eigenvalue weighted by atomic mass is 9.80. The Bertz CT molecular complexity index is 805. The van der Waals surface area contributed by atoms with Crippen molar-refractivity contribution in [2.75, 3.05) is 0 Å². The summed E-state index contributed by atoms with van der Waals surface area (Å²) in [5.74, 6) is 0.469. The van der Waals surface area contributed by atoms with Gasteiger partial charge in [-0.15, -0.1) is 0 Å². The lowest BCUT2D eigenvalue weighted by molar-refractivity contribution is -0.116. The summed E-state index contributed by atoms with van der Waals surface area (Å²) >= 11 is 0. The molecule has 1 aliphatic heterocycles. The molecule has 1 aliphatic carbocycles. The summed E-state index contributed by atoms with van der Waals surface area (Å²) in [5.41, 5.74) is 2.30. The van der Waals surface area contributed by atoms with E-state index in [1.165, 1.54) is 0 Å². The summed E-state index contributed by atoms with van der Waals surface area (Å²) in [5, 5.41) is 0. The number of ketones is 2. The largest absolute Gasteiger partial charge is 0.485 e. The molecular formula is C21H18O3. The SMILES string of the molecule is O=C1CCCC2=C1[C@H](c1ccccc1)[C@@H](C(=O)c1ccccc1)O2. The minimum Gasteiger partial charge on any atom is -0.485 e. The van der Waals surface area contributed by atoms with Crippen molar-refractivity contribution >= 4 is 11.6 Å².